The molecule has 1 fully saturated rings. The predicted molar refractivity (Wildman–Crippen MR) is 84.6 cm³/mol. The fourth-order valence-corrected chi connectivity index (χ4v) is 4.88. The molecule has 20 heavy (non-hydrogen) atoms. The van der Waals surface area contributed by atoms with Crippen LogP contribution in [0.2, 0.25) is 5.02 Å². The maximum atomic E-state index is 12.4. The molecule has 1 aromatic rings. The van der Waals surface area contributed by atoms with Gasteiger partial charge >= 0.3 is 7.60 Å². The van der Waals surface area contributed by atoms with Gasteiger partial charge in [0.2, 0.25) is 0 Å². The third-order valence-corrected chi connectivity index (χ3v) is 5.97. The Morgan fingerprint density at radius 1 is 1.35 bits per heavy atom. The first-order chi connectivity index (χ1) is 9.28. The van der Waals surface area contributed by atoms with Crippen LogP contribution in [0.15, 0.2) is 40.6 Å². The van der Waals surface area contributed by atoms with Gasteiger partial charge in [0.25, 0.3) is 0 Å². The van der Waals surface area contributed by atoms with Crippen LogP contribution in [-0.4, -0.2) is 19.4 Å². The van der Waals surface area contributed by atoms with E-state index in [2.05, 4.69) is 6.58 Å². The second-order valence-corrected chi connectivity index (χ2v) is 9.32. The summed E-state index contributed by atoms with van der Waals surface area (Å²) < 4.78 is 23.3. The van der Waals surface area contributed by atoms with E-state index < -0.39 is 7.60 Å². The molecule has 110 valence electrons. The monoisotopic (exact) mass is 332 g/mol. The smallest absolute Gasteiger partial charge is 0.308 e. The van der Waals surface area contributed by atoms with E-state index in [0.29, 0.717) is 18.2 Å². The number of thioether (sulfide) groups is 1. The van der Waals surface area contributed by atoms with Crippen LogP contribution >= 0.6 is 31.0 Å². The Hall–Kier alpha value is -0.250. The normalized spacial score (nSPS) is 20.6. The van der Waals surface area contributed by atoms with Crippen LogP contribution in [-0.2, 0) is 13.6 Å². The molecular formula is C14H18ClO3PS. The molecule has 1 heterocycles. The molecule has 1 aromatic carbocycles. The lowest BCUT2D eigenvalue weighted by molar-refractivity contribution is 0.0425. The Bertz CT molecular complexity index is 528. The number of halogens is 1. The van der Waals surface area contributed by atoms with Crippen molar-refractivity contribution in [2.45, 2.75) is 18.7 Å². The Morgan fingerprint density at radius 3 is 2.45 bits per heavy atom. The second-order valence-electron chi connectivity index (χ2n) is 5.57. The number of hydrogen-bond acceptors (Lipinski definition) is 4. The maximum absolute atomic E-state index is 12.4. The summed E-state index contributed by atoms with van der Waals surface area (Å²) in [5.74, 6) is 0. The summed E-state index contributed by atoms with van der Waals surface area (Å²) in [6.07, 6.45) is 0.233. The van der Waals surface area contributed by atoms with Crippen LogP contribution in [0.25, 0.3) is 0 Å². The molecule has 0 aromatic heterocycles. The lowest BCUT2D eigenvalue weighted by Crippen LogP contribution is -2.30. The van der Waals surface area contributed by atoms with Crippen LogP contribution in [0.1, 0.15) is 13.8 Å². The topological polar surface area (TPSA) is 35.5 Å². The molecule has 0 spiro atoms. The van der Waals surface area contributed by atoms with E-state index >= 15 is 0 Å². The first-order valence-corrected chi connectivity index (χ1v) is 9.20. The van der Waals surface area contributed by atoms with Gasteiger partial charge in [0.1, 0.15) is 0 Å². The quantitative estimate of drug-likeness (QED) is 0.560. The molecule has 0 atom stereocenters. The zero-order chi connectivity index (χ0) is 14.8. The molecule has 6 heteroatoms. The van der Waals surface area contributed by atoms with E-state index in [1.54, 1.807) is 0 Å². The molecular weight excluding hydrogens is 315 g/mol. The highest BCUT2D eigenvalue weighted by Gasteiger charge is 2.36. The molecule has 0 aliphatic carbocycles. The summed E-state index contributed by atoms with van der Waals surface area (Å²) in [5, 5.41) is 0.689. The van der Waals surface area contributed by atoms with Crippen molar-refractivity contribution in [1.82, 2.24) is 0 Å². The van der Waals surface area contributed by atoms with E-state index in [0.717, 1.165) is 9.80 Å². The molecule has 0 bridgehead atoms. The summed E-state index contributed by atoms with van der Waals surface area (Å²) in [6, 6.07) is 7.43. The van der Waals surface area contributed by atoms with Crippen molar-refractivity contribution in [3.8, 4) is 0 Å². The van der Waals surface area contributed by atoms with Crippen LogP contribution in [0, 0.1) is 5.41 Å². The highest BCUT2D eigenvalue weighted by atomic mass is 35.5. The van der Waals surface area contributed by atoms with Gasteiger partial charge in [-0.25, -0.2) is 0 Å². The van der Waals surface area contributed by atoms with Crippen LogP contribution in [0.4, 0.5) is 0 Å². The Morgan fingerprint density at radius 2 is 1.90 bits per heavy atom. The fraction of sp³-hybridized carbons (Fsp3) is 0.429. The third-order valence-electron chi connectivity index (χ3n) is 2.75. The highest BCUT2D eigenvalue weighted by Crippen LogP contribution is 2.55. The van der Waals surface area contributed by atoms with Gasteiger partial charge in [0.05, 0.1) is 19.4 Å². The molecule has 0 saturated carbocycles. The largest absolute Gasteiger partial charge is 0.335 e. The Labute approximate surface area is 129 Å². The maximum Gasteiger partial charge on any atom is 0.335 e. The molecule has 2 rings (SSSR count). The van der Waals surface area contributed by atoms with Gasteiger partial charge in [-0.15, -0.1) is 0 Å². The van der Waals surface area contributed by atoms with E-state index in [9.17, 15) is 4.57 Å². The second kappa shape index (κ2) is 6.25. The minimum Gasteiger partial charge on any atom is -0.308 e. The highest BCUT2D eigenvalue weighted by molar-refractivity contribution is 8.03. The summed E-state index contributed by atoms with van der Waals surface area (Å²) >= 11 is 7.30. The van der Waals surface area contributed by atoms with Gasteiger partial charge < -0.3 is 9.05 Å². The summed E-state index contributed by atoms with van der Waals surface area (Å²) in [5.41, 5.74) is -0.0848. The molecule has 0 unspecified atom stereocenters. The van der Waals surface area contributed by atoms with Gasteiger partial charge in [0, 0.05) is 15.3 Å². The van der Waals surface area contributed by atoms with Crippen molar-refractivity contribution < 1.29 is 13.6 Å². The van der Waals surface area contributed by atoms with Crippen molar-refractivity contribution >= 4 is 31.0 Å². The van der Waals surface area contributed by atoms with E-state index in [1.165, 1.54) is 11.8 Å². The first-order valence-electron chi connectivity index (χ1n) is 6.27. The van der Waals surface area contributed by atoms with Gasteiger partial charge in [-0.3, -0.25) is 4.57 Å². The average molecular weight is 333 g/mol. The molecule has 1 aliphatic rings. The van der Waals surface area contributed by atoms with Crippen molar-refractivity contribution in [2.75, 3.05) is 19.4 Å². The van der Waals surface area contributed by atoms with Crippen molar-refractivity contribution in [3.05, 3.63) is 40.8 Å². The predicted octanol–water partition coefficient (Wildman–Crippen LogP) is 5.21. The molecule has 1 aliphatic heterocycles. The number of allylic oxidation sites excluding steroid dienone is 1. The Kier molecular flexibility index (Phi) is 5.04. The first kappa shape index (κ1) is 16.1. The van der Waals surface area contributed by atoms with E-state index in [4.69, 9.17) is 20.6 Å². The van der Waals surface area contributed by atoms with Crippen molar-refractivity contribution in [2.24, 2.45) is 5.41 Å². The molecule has 3 nitrogen and oxygen atoms in total. The zero-order valence-electron chi connectivity index (χ0n) is 11.6. The molecule has 1 saturated heterocycles. The SMILES string of the molecule is C=C(CP1(=O)OCC(C)(C)CO1)Sc1ccc(Cl)cc1. The third kappa shape index (κ3) is 4.64. The lowest BCUT2D eigenvalue weighted by Gasteiger charge is -2.34. The van der Waals surface area contributed by atoms with Crippen LogP contribution in [0.5, 0.6) is 0 Å². The standard InChI is InChI=1S/C14H18ClO3PS/c1-11(20-13-6-4-12(15)5-7-13)8-19(16)17-9-14(2,3)10-18-19/h4-7H,1,8-10H2,2-3H3. The lowest BCUT2D eigenvalue weighted by atomic mass is 9.97. The molecule has 0 radical (unpaired) electrons. The van der Waals surface area contributed by atoms with Gasteiger partial charge in [0.15, 0.2) is 0 Å². The molecule has 0 amide bonds. The Balaban J connectivity index is 1.91. The van der Waals surface area contributed by atoms with E-state index in [1.807, 2.05) is 38.1 Å². The zero-order valence-corrected chi connectivity index (χ0v) is 14.1. The molecule has 0 N–H and O–H groups in total. The van der Waals surface area contributed by atoms with E-state index in [-0.39, 0.29) is 11.6 Å². The van der Waals surface area contributed by atoms with Gasteiger partial charge in [-0.2, -0.15) is 0 Å². The minimum absolute atomic E-state index is 0.0848. The van der Waals surface area contributed by atoms with Crippen molar-refractivity contribution in [1.29, 1.82) is 0 Å². The number of hydrogen-bond donors (Lipinski definition) is 0. The summed E-state index contributed by atoms with van der Waals surface area (Å²) in [7, 11) is -3.04. The number of rotatable bonds is 4. The fourth-order valence-electron chi connectivity index (χ4n) is 1.63. The average Bonchev–Trinajstić information content (AvgIpc) is 2.36. The van der Waals surface area contributed by atoms with Gasteiger partial charge in [-0.1, -0.05) is 43.8 Å². The van der Waals surface area contributed by atoms with Crippen LogP contribution in [0.3, 0.4) is 0 Å². The summed E-state index contributed by atoms with van der Waals surface area (Å²) in [4.78, 5) is 1.76. The van der Waals surface area contributed by atoms with Crippen molar-refractivity contribution in [3.63, 3.8) is 0 Å². The number of benzene rings is 1. The minimum atomic E-state index is -3.04. The summed E-state index contributed by atoms with van der Waals surface area (Å²) in [6.45, 7) is 8.88. The van der Waals surface area contributed by atoms with Crippen LogP contribution < -0.4 is 0 Å². The van der Waals surface area contributed by atoms with Gasteiger partial charge in [-0.05, 0) is 29.2 Å².